The van der Waals surface area contributed by atoms with E-state index in [-0.39, 0.29) is 24.0 Å². The number of unbranched alkanes of at least 4 members (excludes halogenated alkanes) is 1. The van der Waals surface area contributed by atoms with E-state index in [1.165, 1.54) is 9.75 Å². The van der Waals surface area contributed by atoms with Gasteiger partial charge in [0.15, 0.2) is 5.96 Å². The SMILES string of the molecule is CCOCCCCNC(=NC)NCc1ccc(CC)s1.I. The van der Waals surface area contributed by atoms with Gasteiger partial charge in [0.25, 0.3) is 0 Å². The summed E-state index contributed by atoms with van der Waals surface area (Å²) in [5.41, 5.74) is 0. The molecule has 1 aromatic heterocycles. The first-order chi connectivity index (χ1) is 9.80. The Morgan fingerprint density at radius 1 is 1.19 bits per heavy atom. The van der Waals surface area contributed by atoms with Crippen LogP contribution in [0.2, 0.25) is 0 Å². The maximum atomic E-state index is 5.31. The molecule has 0 fully saturated rings. The third-order valence-electron chi connectivity index (χ3n) is 2.93. The molecule has 0 saturated heterocycles. The summed E-state index contributed by atoms with van der Waals surface area (Å²) in [6.45, 7) is 7.63. The summed E-state index contributed by atoms with van der Waals surface area (Å²) in [7, 11) is 1.81. The molecule has 0 spiro atoms. The number of hydrogen-bond acceptors (Lipinski definition) is 3. The van der Waals surface area contributed by atoms with Crippen LogP contribution in [0.4, 0.5) is 0 Å². The van der Waals surface area contributed by atoms with Crippen molar-refractivity contribution in [3.8, 4) is 0 Å². The number of hydrogen-bond donors (Lipinski definition) is 2. The quantitative estimate of drug-likeness (QED) is 0.276. The highest BCUT2D eigenvalue weighted by Crippen LogP contribution is 2.16. The number of aryl methyl sites for hydroxylation is 1. The van der Waals surface area contributed by atoms with Crippen molar-refractivity contribution in [1.82, 2.24) is 10.6 Å². The van der Waals surface area contributed by atoms with Crippen LogP contribution in [-0.2, 0) is 17.7 Å². The number of ether oxygens (including phenoxy) is 1. The molecule has 0 radical (unpaired) electrons. The second kappa shape index (κ2) is 13.3. The van der Waals surface area contributed by atoms with Crippen LogP contribution in [0.1, 0.15) is 36.4 Å². The lowest BCUT2D eigenvalue weighted by molar-refractivity contribution is 0.143. The van der Waals surface area contributed by atoms with Crippen molar-refractivity contribution < 1.29 is 4.74 Å². The standard InChI is InChI=1S/C15H27N3OS.HI/c1-4-13-8-9-14(20-13)12-18-15(16-3)17-10-6-7-11-19-5-2;/h8-9H,4-7,10-12H2,1-3H3,(H2,16,17,18);1H. The fourth-order valence-corrected chi connectivity index (χ4v) is 2.68. The zero-order valence-corrected chi connectivity index (χ0v) is 16.4. The molecule has 0 aliphatic heterocycles. The van der Waals surface area contributed by atoms with Gasteiger partial charge >= 0.3 is 0 Å². The van der Waals surface area contributed by atoms with Gasteiger partial charge in [-0.2, -0.15) is 0 Å². The monoisotopic (exact) mass is 425 g/mol. The van der Waals surface area contributed by atoms with E-state index in [0.717, 1.165) is 51.5 Å². The lowest BCUT2D eigenvalue weighted by Gasteiger charge is -2.11. The summed E-state index contributed by atoms with van der Waals surface area (Å²) in [4.78, 5) is 7.01. The van der Waals surface area contributed by atoms with Crippen molar-refractivity contribution in [3.05, 3.63) is 21.9 Å². The molecule has 4 nitrogen and oxygen atoms in total. The lowest BCUT2D eigenvalue weighted by Crippen LogP contribution is -2.37. The average molecular weight is 425 g/mol. The summed E-state index contributed by atoms with van der Waals surface area (Å²) in [5.74, 6) is 0.868. The first kappa shape index (κ1) is 20.7. The van der Waals surface area contributed by atoms with Gasteiger partial charge in [-0.3, -0.25) is 4.99 Å². The van der Waals surface area contributed by atoms with Crippen LogP contribution in [0.3, 0.4) is 0 Å². The van der Waals surface area contributed by atoms with Crippen LogP contribution in [-0.4, -0.2) is 32.8 Å². The number of aliphatic imine (C=N–C) groups is 1. The van der Waals surface area contributed by atoms with Crippen molar-refractivity contribution in [2.75, 3.05) is 26.8 Å². The molecule has 2 N–H and O–H groups in total. The van der Waals surface area contributed by atoms with Gasteiger partial charge in [0.2, 0.25) is 0 Å². The van der Waals surface area contributed by atoms with Gasteiger partial charge in [-0.1, -0.05) is 6.92 Å². The Kier molecular flexibility index (Phi) is 13.1. The predicted molar refractivity (Wildman–Crippen MR) is 103 cm³/mol. The fraction of sp³-hybridized carbons (Fsp3) is 0.667. The third-order valence-corrected chi connectivity index (χ3v) is 4.16. The summed E-state index contributed by atoms with van der Waals surface area (Å²) in [6, 6.07) is 4.39. The maximum Gasteiger partial charge on any atom is 0.191 e. The minimum atomic E-state index is 0. The molecule has 0 atom stereocenters. The summed E-state index contributed by atoms with van der Waals surface area (Å²) in [5, 5.41) is 6.67. The van der Waals surface area contributed by atoms with Gasteiger partial charge in [-0.25, -0.2) is 0 Å². The van der Waals surface area contributed by atoms with E-state index in [9.17, 15) is 0 Å². The van der Waals surface area contributed by atoms with E-state index in [2.05, 4.69) is 34.7 Å². The Balaban J connectivity index is 0.00000400. The second-order valence-corrected chi connectivity index (χ2v) is 5.73. The van der Waals surface area contributed by atoms with E-state index >= 15 is 0 Å². The van der Waals surface area contributed by atoms with Gasteiger partial charge in [-0.15, -0.1) is 35.3 Å². The van der Waals surface area contributed by atoms with Gasteiger partial charge in [-0.05, 0) is 38.3 Å². The van der Waals surface area contributed by atoms with Crippen LogP contribution in [0.5, 0.6) is 0 Å². The zero-order chi connectivity index (χ0) is 14.6. The summed E-state index contributed by atoms with van der Waals surface area (Å²) < 4.78 is 5.31. The summed E-state index contributed by atoms with van der Waals surface area (Å²) >= 11 is 1.86. The highest BCUT2D eigenvalue weighted by molar-refractivity contribution is 14.0. The number of nitrogens with zero attached hydrogens (tertiary/aromatic N) is 1. The number of rotatable bonds is 9. The molecular weight excluding hydrogens is 397 g/mol. The van der Waals surface area contributed by atoms with Gasteiger partial charge in [0, 0.05) is 36.6 Å². The molecule has 0 unspecified atom stereocenters. The van der Waals surface area contributed by atoms with Gasteiger partial charge < -0.3 is 15.4 Å². The number of halogens is 1. The normalized spacial score (nSPS) is 11.1. The van der Waals surface area contributed by atoms with Crippen LogP contribution >= 0.6 is 35.3 Å². The maximum absolute atomic E-state index is 5.31. The molecule has 0 aromatic carbocycles. The van der Waals surface area contributed by atoms with Crippen LogP contribution < -0.4 is 10.6 Å². The van der Waals surface area contributed by atoms with Crippen molar-refractivity contribution >= 4 is 41.3 Å². The minimum Gasteiger partial charge on any atom is -0.382 e. The second-order valence-electron chi connectivity index (χ2n) is 4.48. The van der Waals surface area contributed by atoms with E-state index in [0.29, 0.717) is 0 Å². The van der Waals surface area contributed by atoms with Crippen molar-refractivity contribution in [2.45, 2.75) is 39.7 Å². The molecule has 6 heteroatoms. The predicted octanol–water partition coefficient (Wildman–Crippen LogP) is 3.41. The highest BCUT2D eigenvalue weighted by Gasteiger charge is 2.01. The van der Waals surface area contributed by atoms with Crippen LogP contribution in [0.15, 0.2) is 17.1 Å². The van der Waals surface area contributed by atoms with E-state index in [4.69, 9.17) is 4.74 Å². The van der Waals surface area contributed by atoms with Crippen LogP contribution in [0.25, 0.3) is 0 Å². The Bertz CT molecular complexity index is 396. The topological polar surface area (TPSA) is 45.6 Å². The van der Waals surface area contributed by atoms with Crippen molar-refractivity contribution in [3.63, 3.8) is 0 Å². The minimum absolute atomic E-state index is 0. The van der Waals surface area contributed by atoms with E-state index < -0.39 is 0 Å². The van der Waals surface area contributed by atoms with Crippen molar-refractivity contribution in [2.24, 2.45) is 4.99 Å². The Morgan fingerprint density at radius 2 is 1.95 bits per heavy atom. The highest BCUT2D eigenvalue weighted by atomic mass is 127. The molecule has 122 valence electrons. The first-order valence-corrected chi connectivity index (χ1v) is 8.21. The van der Waals surface area contributed by atoms with Crippen molar-refractivity contribution in [1.29, 1.82) is 0 Å². The van der Waals surface area contributed by atoms with E-state index in [1.807, 2.05) is 18.3 Å². The smallest absolute Gasteiger partial charge is 0.191 e. The van der Waals surface area contributed by atoms with Gasteiger partial charge in [0.1, 0.15) is 0 Å². The fourth-order valence-electron chi connectivity index (χ4n) is 1.78. The number of thiophene rings is 1. The average Bonchev–Trinajstić information content (AvgIpc) is 2.94. The lowest BCUT2D eigenvalue weighted by atomic mass is 10.3. The molecule has 1 heterocycles. The molecular formula is C15H28IN3OS. The Labute approximate surface area is 149 Å². The molecule has 21 heavy (non-hydrogen) atoms. The van der Waals surface area contributed by atoms with E-state index in [1.54, 1.807) is 7.05 Å². The molecule has 1 aromatic rings. The molecule has 0 bridgehead atoms. The molecule has 0 aliphatic rings. The third kappa shape index (κ3) is 9.31. The molecule has 1 rings (SSSR count). The Morgan fingerprint density at radius 3 is 2.57 bits per heavy atom. The summed E-state index contributed by atoms with van der Waals surface area (Å²) in [6.07, 6.45) is 3.29. The van der Waals surface area contributed by atoms with Crippen LogP contribution in [0, 0.1) is 0 Å². The molecule has 0 saturated carbocycles. The first-order valence-electron chi connectivity index (χ1n) is 7.40. The molecule has 0 amide bonds. The zero-order valence-electron chi connectivity index (χ0n) is 13.3. The van der Waals surface area contributed by atoms with Gasteiger partial charge in [0.05, 0.1) is 6.54 Å². The Hall–Kier alpha value is -0.340. The largest absolute Gasteiger partial charge is 0.382 e. The molecule has 0 aliphatic carbocycles. The number of guanidine groups is 1. The number of nitrogens with one attached hydrogen (secondary N) is 2.